The van der Waals surface area contributed by atoms with Crippen LogP contribution in [0.5, 0.6) is 0 Å². The quantitative estimate of drug-likeness (QED) is 0.915. The van der Waals surface area contributed by atoms with Crippen molar-refractivity contribution in [3.05, 3.63) is 59.4 Å². The van der Waals surface area contributed by atoms with Crippen molar-refractivity contribution in [1.29, 1.82) is 0 Å². The number of halogens is 1. The zero-order valence-electron chi connectivity index (χ0n) is 11.5. The van der Waals surface area contributed by atoms with E-state index in [4.69, 9.17) is 5.11 Å². The molecule has 2 amide bonds. The first-order valence-corrected chi connectivity index (χ1v) is 6.70. The number of carboxylic acids is 1. The molecule has 5 nitrogen and oxygen atoms in total. The Balaban J connectivity index is 1.92. The number of hydrogen-bond donors (Lipinski definition) is 2. The van der Waals surface area contributed by atoms with E-state index in [-0.39, 0.29) is 24.8 Å². The minimum Gasteiger partial charge on any atom is -0.481 e. The molecular formula is C16H13FN2O3. The second-order valence-corrected chi connectivity index (χ2v) is 5.06. The van der Waals surface area contributed by atoms with Crippen molar-refractivity contribution in [3.8, 4) is 0 Å². The van der Waals surface area contributed by atoms with Gasteiger partial charge in [-0.1, -0.05) is 12.1 Å². The zero-order chi connectivity index (χ0) is 15.7. The first-order chi connectivity index (χ1) is 10.5. The molecule has 112 valence electrons. The number of anilines is 2. The first-order valence-electron chi connectivity index (χ1n) is 6.70. The van der Waals surface area contributed by atoms with E-state index in [1.54, 1.807) is 24.3 Å². The van der Waals surface area contributed by atoms with Crippen LogP contribution in [0.2, 0.25) is 0 Å². The maximum atomic E-state index is 13.3. The van der Waals surface area contributed by atoms with Crippen LogP contribution in [0.15, 0.2) is 42.5 Å². The predicted molar refractivity (Wildman–Crippen MR) is 79.4 cm³/mol. The molecule has 2 N–H and O–H groups in total. The molecule has 0 radical (unpaired) electrons. The summed E-state index contributed by atoms with van der Waals surface area (Å²) in [5, 5.41) is 11.5. The molecule has 3 rings (SSSR count). The van der Waals surface area contributed by atoms with Gasteiger partial charge in [-0.3, -0.25) is 9.69 Å². The lowest BCUT2D eigenvalue weighted by atomic mass is 10.1. The fourth-order valence-corrected chi connectivity index (χ4v) is 2.46. The molecule has 0 fully saturated rings. The van der Waals surface area contributed by atoms with Gasteiger partial charge >= 0.3 is 12.0 Å². The third-order valence-corrected chi connectivity index (χ3v) is 3.46. The highest BCUT2D eigenvalue weighted by Gasteiger charge is 2.24. The summed E-state index contributed by atoms with van der Waals surface area (Å²) in [6.45, 7) is 0.232. The van der Waals surface area contributed by atoms with E-state index in [1.807, 2.05) is 0 Å². The molecule has 6 heteroatoms. The lowest BCUT2D eigenvalue weighted by Crippen LogP contribution is -2.38. The highest BCUT2D eigenvalue weighted by atomic mass is 19.1. The number of rotatable bonds is 3. The summed E-state index contributed by atoms with van der Waals surface area (Å²) in [5.41, 5.74) is 2.43. The summed E-state index contributed by atoms with van der Waals surface area (Å²) >= 11 is 0. The van der Waals surface area contributed by atoms with Crippen LogP contribution in [0.25, 0.3) is 0 Å². The molecule has 0 aromatic heterocycles. The normalized spacial score (nSPS) is 13.5. The largest absolute Gasteiger partial charge is 0.481 e. The smallest absolute Gasteiger partial charge is 0.326 e. The van der Waals surface area contributed by atoms with E-state index < -0.39 is 5.97 Å². The number of urea groups is 1. The molecule has 2 aromatic rings. The van der Waals surface area contributed by atoms with Gasteiger partial charge in [-0.15, -0.1) is 0 Å². The number of carbonyl (C=O) groups excluding carboxylic acids is 1. The Bertz CT molecular complexity index is 761. The number of carbonyl (C=O) groups is 2. The Kier molecular flexibility index (Phi) is 3.50. The SMILES string of the molecule is O=C(O)Cc1cccc(N2Cc3cc(F)ccc3NC2=O)c1. The molecule has 0 unspecified atom stereocenters. The first kappa shape index (κ1) is 14.1. The van der Waals surface area contributed by atoms with Crippen LogP contribution in [0, 0.1) is 5.82 Å². The molecule has 0 saturated carbocycles. The number of aliphatic carboxylic acids is 1. The summed E-state index contributed by atoms with van der Waals surface area (Å²) in [6, 6.07) is 10.6. The highest BCUT2D eigenvalue weighted by molar-refractivity contribution is 6.04. The van der Waals surface area contributed by atoms with Crippen LogP contribution in [0.4, 0.5) is 20.6 Å². The number of nitrogens with zero attached hydrogens (tertiary/aromatic N) is 1. The molecule has 0 atom stereocenters. The van der Waals surface area contributed by atoms with Crippen LogP contribution in [-0.4, -0.2) is 17.1 Å². The van der Waals surface area contributed by atoms with Gasteiger partial charge in [-0.2, -0.15) is 0 Å². The van der Waals surface area contributed by atoms with Crippen molar-refractivity contribution in [2.75, 3.05) is 10.2 Å². The van der Waals surface area contributed by atoms with Crippen molar-refractivity contribution in [2.45, 2.75) is 13.0 Å². The lowest BCUT2D eigenvalue weighted by molar-refractivity contribution is -0.136. The predicted octanol–water partition coefficient (Wildman–Crippen LogP) is 3.00. The summed E-state index contributed by atoms with van der Waals surface area (Å²) in [7, 11) is 0. The van der Waals surface area contributed by atoms with Gasteiger partial charge in [0.25, 0.3) is 0 Å². The standard InChI is InChI=1S/C16H13FN2O3/c17-12-4-5-14-11(8-12)9-19(16(22)18-14)13-3-1-2-10(6-13)7-15(20)21/h1-6,8H,7,9H2,(H,18,22)(H,20,21). The van der Waals surface area contributed by atoms with Crippen LogP contribution < -0.4 is 10.2 Å². The summed E-state index contributed by atoms with van der Waals surface area (Å²) in [4.78, 5) is 24.4. The van der Waals surface area contributed by atoms with Gasteiger partial charge < -0.3 is 10.4 Å². The van der Waals surface area contributed by atoms with Gasteiger partial charge in [0.05, 0.1) is 13.0 Å². The maximum absolute atomic E-state index is 13.3. The van der Waals surface area contributed by atoms with E-state index in [0.29, 0.717) is 22.5 Å². The third-order valence-electron chi connectivity index (χ3n) is 3.46. The molecule has 0 bridgehead atoms. The minimum absolute atomic E-state index is 0.117. The summed E-state index contributed by atoms with van der Waals surface area (Å²) in [6.07, 6.45) is -0.117. The highest BCUT2D eigenvalue weighted by Crippen LogP contribution is 2.28. The number of benzene rings is 2. The van der Waals surface area contributed by atoms with E-state index in [9.17, 15) is 14.0 Å². The van der Waals surface area contributed by atoms with Gasteiger partial charge in [0.2, 0.25) is 0 Å². The Hall–Kier alpha value is -2.89. The summed E-state index contributed by atoms with van der Waals surface area (Å²) < 4.78 is 13.3. The molecule has 0 saturated heterocycles. The van der Waals surface area contributed by atoms with Crippen molar-refractivity contribution in [2.24, 2.45) is 0 Å². The van der Waals surface area contributed by atoms with Crippen LogP contribution in [-0.2, 0) is 17.8 Å². The van der Waals surface area contributed by atoms with Crippen molar-refractivity contribution in [1.82, 2.24) is 0 Å². The topological polar surface area (TPSA) is 69.6 Å². The monoisotopic (exact) mass is 300 g/mol. The average molecular weight is 300 g/mol. The fraction of sp³-hybridized carbons (Fsp3) is 0.125. The molecule has 0 spiro atoms. The van der Waals surface area contributed by atoms with Gasteiger partial charge in [0.1, 0.15) is 5.82 Å². The van der Waals surface area contributed by atoms with Crippen LogP contribution >= 0.6 is 0 Å². The van der Waals surface area contributed by atoms with E-state index in [0.717, 1.165) is 0 Å². The number of carboxylic acid groups (broad SMARTS) is 1. The van der Waals surface area contributed by atoms with E-state index >= 15 is 0 Å². The van der Waals surface area contributed by atoms with Crippen molar-refractivity contribution >= 4 is 23.4 Å². The zero-order valence-corrected chi connectivity index (χ0v) is 11.5. The molecule has 1 aliphatic heterocycles. The Labute approximate surface area is 126 Å². The summed E-state index contributed by atoms with van der Waals surface area (Å²) in [5.74, 6) is -1.30. The Morgan fingerprint density at radius 3 is 2.86 bits per heavy atom. The van der Waals surface area contributed by atoms with Gasteiger partial charge in [0, 0.05) is 11.4 Å². The fourth-order valence-electron chi connectivity index (χ4n) is 2.46. The molecule has 1 aliphatic rings. The molecule has 2 aromatic carbocycles. The van der Waals surface area contributed by atoms with E-state index in [1.165, 1.54) is 23.1 Å². The maximum Gasteiger partial charge on any atom is 0.326 e. The van der Waals surface area contributed by atoms with Crippen molar-refractivity contribution in [3.63, 3.8) is 0 Å². The van der Waals surface area contributed by atoms with Gasteiger partial charge in [-0.05, 0) is 41.5 Å². The lowest BCUT2D eigenvalue weighted by Gasteiger charge is -2.29. The number of nitrogens with one attached hydrogen (secondary N) is 1. The van der Waals surface area contributed by atoms with Gasteiger partial charge in [-0.25, -0.2) is 9.18 Å². The second-order valence-electron chi connectivity index (χ2n) is 5.06. The van der Waals surface area contributed by atoms with Crippen molar-refractivity contribution < 1.29 is 19.1 Å². The third kappa shape index (κ3) is 2.76. The van der Waals surface area contributed by atoms with Crippen LogP contribution in [0.3, 0.4) is 0 Å². The average Bonchev–Trinajstić information content (AvgIpc) is 2.46. The number of hydrogen-bond acceptors (Lipinski definition) is 2. The van der Waals surface area contributed by atoms with Crippen LogP contribution in [0.1, 0.15) is 11.1 Å². The molecule has 1 heterocycles. The molecular weight excluding hydrogens is 287 g/mol. The molecule has 0 aliphatic carbocycles. The van der Waals surface area contributed by atoms with E-state index in [2.05, 4.69) is 5.32 Å². The number of fused-ring (bicyclic) bond motifs is 1. The minimum atomic E-state index is -0.937. The Morgan fingerprint density at radius 2 is 2.09 bits per heavy atom. The molecule has 22 heavy (non-hydrogen) atoms. The Morgan fingerprint density at radius 1 is 1.27 bits per heavy atom. The number of amides is 2. The second kappa shape index (κ2) is 5.48. The van der Waals surface area contributed by atoms with Gasteiger partial charge in [0.15, 0.2) is 0 Å².